The van der Waals surface area contributed by atoms with Crippen LogP contribution in [0, 0.1) is 0 Å². The Labute approximate surface area is 89.4 Å². The first-order valence-corrected chi connectivity index (χ1v) is 5.62. The summed E-state index contributed by atoms with van der Waals surface area (Å²) >= 11 is 5.55. The Morgan fingerprint density at radius 1 is 1.36 bits per heavy atom. The molecular formula is C10H17ClO3. The van der Waals surface area contributed by atoms with Crippen LogP contribution >= 0.6 is 11.6 Å². The molecule has 1 fully saturated rings. The van der Waals surface area contributed by atoms with E-state index in [1.807, 2.05) is 0 Å². The van der Waals surface area contributed by atoms with Crippen molar-refractivity contribution in [3.8, 4) is 0 Å². The van der Waals surface area contributed by atoms with E-state index in [-0.39, 0.29) is 12.7 Å². The maximum atomic E-state index is 10.4. The molecule has 0 amide bonds. The maximum Gasteiger partial charge on any atom is 0.324 e. The maximum absolute atomic E-state index is 10.4. The first-order chi connectivity index (χ1) is 6.70. The van der Waals surface area contributed by atoms with Crippen LogP contribution in [0.4, 0.5) is 0 Å². The summed E-state index contributed by atoms with van der Waals surface area (Å²) in [4.78, 5) is 10.4. The van der Waals surface area contributed by atoms with Crippen molar-refractivity contribution in [1.29, 1.82) is 0 Å². The summed E-state index contributed by atoms with van der Waals surface area (Å²) in [5.74, 6) is -1.000. The van der Waals surface area contributed by atoms with Gasteiger partial charge < -0.3 is 9.84 Å². The van der Waals surface area contributed by atoms with Crippen LogP contribution in [0.5, 0.6) is 0 Å². The van der Waals surface area contributed by atoms with Crippen molar-refractivity contribution in [2.45, 2.75) is 50.0 Å². The van der Waals surface area contributed by atoms with Crippen LogP contribution in [0.25, 0.3) is 0 Å². The molecule has 14 heavy (non-hydrogen) atoms. The van der Waals surface area contributed by atoms with E-state index in [2.05, 4.69) is 0 Å². The quantitative estimate of drug-likeness (QED) is 0.585. The number of halogens is 1. The van der Waals surface area contributed by atoms with Crippen LogP contribution in [0.2, 0.25) is 0 Å². The smallest absolute Gasteiger partial charge is 0.324 e. The van der Waals surface area contributed by atoms with E-state index in [9.17, 15) is 4.79 Å². The summed E-state index contributed by atoms with van der Waals surface area (Å²) in [7, 11) is 0. The van der Waals surface area contributed by atoms with Gasteiger partial charge in [0, 0.05) is 0 Å². The Kier molecular flexibility index (Phi) is 5.26. The molecule has 0 aromatic rings. The number of ether oxygens (including phenoxy) is 1. The molecular weight excluding hydrogens is 204 g/mol. The van der Waals surface area contributed by atoms with Crippen LogP contribution < -0.4 is 0 Å². The molecule has 1 aliphatic carbocycles. The fraction of sp³-hybridized carbons (Fsp3) is 0.900. The molecule has 3 nitrogen and oxygen atoms in total. The average Bonchev–Trinajstić information content (AvgIpc) is 2.42. The van der Waals surface area contributed by atoms with Crippen LogP contribution in [0.3, 0.4) is 0 Å². The highest BCUT2D eigenvalue weighted by molar-refractivity contribution is 6.29. The van der Waals surface area contributed by atoms with Gasteiger partial charge in [-0.25, -0.2) is 0 Å². The van der Waals surface area contributed by atoms with Gasteiger partial charge >= 0.3 is 5.97 Å². The Morgan fingerprint density at radius 2 is 1.93 bits per heavy atom. The normalized spacial score (nSPS) is 21.5. The molecule has 0 heterocycles. The molecule has 0 aromatic heterocycles. The lowest BCUT2D eigenvalue weighted by Crippen LogP contribution is -2.24. The molecule has 0 spiro atoms. The SMILES string of the molecule is O=C(O)C(Cl)COC1CCCCCC1. The second-order valence-corrected chi connectivity index (χ2v) is 4.28. The molecule has 1 N–H and O–H groups in total. The summed E-state index contributed by atoms with van der Waals surface area (Å²) in [6.45, 7) is 0.127. The zero-order valence-electron chi connectivity index (χ0n) is 8.25. The Hall–Kier alpha value is -0.280. The summed E-state index contributed by atoms with van der Waals surface area (Å²) in [6.07, 6.45) is 7.21. The zero-order chi connectivity index (χ0) is 10.4. The molecule has 1 atom stereocenters. The number of rotatable bonds is 4. The number of carboxylic acid groups (broad SMARTS) is 1. The van der Waals surface area contributed by atoms with Crippen molar-refractivity contribution < 1.29 is 14.6 Å². The Balaban J connectivity index is 2.18. The predicted octanol–water partition coefficient (Wildman–Crippen LogP) is 2.42. The monoisotopic (exact) mass is 220 g/mol. The van der Waals surface area contributed by atoms with Gasteiger partial charge in [-0.15, -0.1) is 11.6 Å². The molecule has 0 aliphatic heterocycles. The van der Waals surface area contributed by atoms with Gasteiger partial charge in [0.2, 0.25) is 0 Å². The summed E-state index contributed by atoms with van der Waals surface area (Å²) in [5.41, 5.74) is 0. The molecule has 4 heteroatoms. The molecule has 0 radical (unpaired) electrons. The number of hydrogen-bond donors (Lipinski definition) is 1. The van der Waals surface area contributed by atoms with E-state index in [4.69, 9.17) is 21.4 Å². The van der Waals surface area contributed by atoms with Gasteiger partial charge in [-0.05, 0) is 12.8 Å². The van der Waals surface area contributed by atoms with E-state index in [1.54, 1.807) is 0 Å². The molecule has 82 valence electrons. The van der Waals surface area contributed by atoms with Crippen molar-refractivity contribution in [3.05, 3.63) is 0 Å². The van der Waals surface area contributed by atoms with Crippen molar-refractivity contribution in [2.24, 2.45) is 0 Å². The van der Waals surface area contributed by atoms with Crippen molar-refractivity contribution >= 4 is 17.6 Å². The molecule has 0 saturated heterocycles. The van der Waals surface area contributed by atoms with Crippen molar-refractivity contribution in [3.63, 3.8) is 0 Å². The molecule has 1 saturated carbocycles. The highest BCUT2D eigenvalue weighted by atomic mass is 35.5. The second-order valence-electron chi connectivity index (χ2n) is 3.75. The minimum atomic E-state index is -1.000. The lowest BCUT2D eigenvalue weighted by atomic mass is 10.1. The van der Waals surface area contributed by atoms with E-state index in [0.717, 1.165) is 12.8 Å². The largest absolute Gasteiger partial charge is 0.480 e. The summed E-state index contributed by atoms with van der Waals surface area (Å²) in [6, 6.07) is 0. The fourth-order valence-corrected chi connectivity index (χ4v) is 1.77. The number of carboxylic acids is 1. The van der Waals surface area contributed by atoms with Crippen molar-refractivity contribution in [1.82, 2.24) is 0 Å². The van der Waals surface area contributed by atoms with Gasteiger partial charge in [0.15, 0.2) is 5.38 Å². The van der Waals surface area contributed by atoms with Crippen LogP contribution in [0.1, 0.15) is 38.5 Å². The number of carbonyl (C=O) groups is 1. The van der Waals surface area contributed by atoms with E-state index < -0.39 is 11.3 Å². The topological polar surface area (TPSA) is 46.5 Å². The van der Waals surface area contributed by atoms with Gasteiger partial charge in [0.25, 0.3) is 0 Å². The van der Waals surface area contributed by atoms with Gasteiger partial charge in [-0.1, -0.05) is 25.7 Å². The van der Waals surface area contributed by atoms with Gasteiger partial charge in [-0.3, -0.25) is 4.79 Å². The second kappa shape index (κ2) is 6.25. The minimum Gasteiger partial charge on any atom is -0.480 e. The molecule has 1 rings (SSSR count). The number of hydrogen-bond acceptors (Lipinski definition) is 2. The fourth-order valence-electron chi connectivity index (χ4n) is 1.70. The molecule has 0 aromatic carbocycles. The average molecular weight is 221 g/mol. The first kappa shape index (κ1) is 11.8. The summed E-state index contributed by atoms with van der Waals surface area (Å²) in [5, 5.41) is 7.65. The van der Waals surface area contributed by atoms with Gasteiger partial charge in [0.1, 0.15) is 0 Å². The highest BCUT2D eigenvalue weighted by Crippen LogP contribution is 2.20. The summed E-state index contributed by atoms with van der Waals surface area (Å²) < 4.78 is 5.47. The third kappa shape index (κ3) is 4.29. The van der Waals surface area contributed by atoms with E-state index >= 15 is 0 Å². The van der Waals surface area contributed by atoms with E-state index in [0.29, 0.717) is 0 Å². The number of aliphatic carboxylic acids is 1. The predicted molar refractivity (Wildman–Crippen MR) is 54.7 cm³/mol. The Bertz CT molecular complexity index is 176. The number of alkyl halides is 1. The van der Waals surface area contributed by atoms with Crippen LogP contribution in [0.15, 0.2) is 0 Å². The van der Waals surface area contributed by atoms with Gasteiger partial charge in [-0.2, -0.15) is 0 Å². The third-order valence-corrected chi connectivity index (χ3v) is 2.86. The lowest BCUT2D eigenvalue weighted by Gasteiger charge is -2.15. The first-order valence-electron chi connectivity index (χ1n) is 5.18. The Morgan fingerprint density at radius 3 is 2.43 bits per heavy atom. The van der Waals surface area contributed by atoms with Crippen LogP contribution in [-0.2, 0) is 9.53 Å². The van der Waals surface area contributed by atoms with Gasteiger partial charge in [0.05, 0.1) is 12.7 Å². The standard InChI is InChI=1S/C10H17ClO3/c11-9(10(12)13)7-14-8-5-3-1-2-4-6-8/h8-9H,1-7H2,(H,12,13). The van der Waals surface area contributed by atoms with Crippen LogP contribution in [-0.4, -0.2) is 29.2 Å². The zero-order valence-corrected chi connectivity index (χ0v) is 9.00. The molecule has 1 unspecified atom stereocenters. The molecule has 1 aliphatic rings. The van der Waals surface area contributed by atoms with E-state index in [1.165, 1.54) is 25.7 Å². The molecule has 0 bridgehead atoms. The third-order valence-electron chi connectivity index (χ3n) is 2.55. The van der Waals surface area contributed by atoms with Crippen molar-refractivity contribution in [2.75, 3.05) is 6.61 Å². The highest BCUT2D eigenvalue weighted by Gasteiger charge is 2.18. The minimum absolute atomic E-state index is 0.127. The lowest BCUT2D eigenvalue weighted by molar-refractivity contribution is -0.138.